The minimum atomic E-state index is 0.727. The summed E-state index contributed by atoms with van der Waals surface area (Å²) in [5.41, 5.74) is 3.24. The van der Waals surface area contributed by atoms with Crippen LogP contribution < -0.4 is 5.32 Å². The van der Waals surface area contributed by atoms with E-state index in [-0.39, 0.29) is 0 Å². The lowest BCUT2D eigenvalue weighted by atomic mass is 10.2. The van der Waals surface area contributed by atoms with E-state index in [1.165, 1.54) is 5.56 Å². The first-order chi connectivity index (χ1) is 10.6. The van der Waals surface area contributed by atoms with Crippen LogP contribution in [0.15, 0.2) is 48.5 Å². The summed E-state index contributed by atoms with van der Waals surface area (Å²) in [6, 6.07) is 16.3. The molecule has 0 atom stereocenters. The van der Waals surface area contributed by atoms with Gasteiger partial charge in [0.15, 0.2) is 5.11 Å². The van der Waals surface area contributed by atoms with E-state index in [1.54, 1.807) is 0 Å². The molecule has 4 heteroatoms. The summed E-state index contributed by atoms with van der Waals surface area (Å²) in [6.07, 6.45) is 1.04. The highest BCUT2D eigenvalue weighted by Gasteiger charge is 2.10. The first-order valence-electron chi connectivity index (χ1n) is 7.46. The van der Waals surface area contributed by atoms with Crippen LogP contribution in [0.4, 0.5) is 5.69 Å². The molecular formula is C18H21ClN2S. The van der Waals surface area contributed by atoms with Gasteiger partial charge in [0.2, 0.25) is 0 Å². The number of anilines is 1. The van der Waals surface area contributed by atoms with E-state index in [4.69, 9.17) is 23.8 Å². The fourth-order valence-electron chi connectivity index (χ4n) is 2.20. The lowest BCUT2D eigenvalue weighted by Crippen LogP contribution is -2.34. The van der Waals surface area contributed by atoms with Gasteiger partial charge in [-0.15, -0.1) is 0 Å². The Balaban J connectivity index is 2.07. The second-order valence-corrected chi connectivity index (χ2v) is 6.10. The average Bonchev–Trinajstić information content (AvgIpc) is 2.51. The van der Waals surface area contributed by atoms with E-state index in [1.807, 2.05) is 31.2 Å². The number of benzene rings is 2. The largest absolute Gasteiger partial charge is 0.345 e. The van der Waals surface area contributed by atoms with Gasteiger partial charge in [-0.25, -0.2) is 0 Å². The smallest absolute Gasteiger partial charge is 0.173 e. The second kappa shape index (κ2) is 8.16. The van der Waals surface area contributed by atoms with Gasteiger partial charge in [0.25, 0.3) is 0 Å². The van der Waals surface area contributed by atoms with Crippen LogP contribution in [0.2, 0.25) is 5.02 Å². The van der Waals surface area contributed by atoms with E-state index in [0.717, 1.165) is 40.9 Å². The maximum Gasteiger partial charge on any atom is 0.173 e. The van der Waals surface area contributed by atoms with Crippen molar-refractivity contribution in [1.82, 2.24) is 4.90 Å². The zero-order chi connectivity index (χ0) is 15.9. The molecule has 2 aromatic carbocycles. The van der Waals surface area contributed by atoms with E-state index >= 15 is 0 Å². The molecule has 0 bridgehead atoms. The van der Waals surface area contributed by atoms with Gasteiger partial charge in [-0.1, -0.05) is 54.9 Å². The molecular weight excluding hydrogens is 312 g/mol. The first-order valence-corrected chi connectivity index (χ1v) is 8.24. The van der Waals surface area contributed by atoms with Crippen molar-refractivity contribution in [2.24, 2.45) is 0 Å². The molecule has 0 amide bonds. The summed E-state index contributed by atoms with van der Waals surface area (Å²) in [4.78, 5) is 2.18. The van der Waals surface area contributed by atoms with Crippen LogP contribution in [0, 0.1) is 6.92 Å². The van der Waals surface area contributed by atoms with Crippen molar-refractivity contribution in [3.05, 3.63) is 64.7 Å². The third kappa shape index (κ3) is 4.72. The van der Waals surface area contributed by atoms with Crippen molar-refractivity contribution in [3.63, 3.8) is 0 Å². The standard InChI is InChI=1S/C18H21ClN2S/c1-3-11-21(13-15-7-5-4-6-8-15)18(22)20-16-10-9-14(2)17(19)12-16/h4-10,12H,3,11,13H2,1-2H3,(H,20,22). The number of nitrogens with one attached hydrogen (secondary N) is 1. The summed E-state index contributed by atoms with van der Waals surface area (Å²) in [5, 5.41) is 4.76. The molecule has 0 aliphatic heterocycles. The number of halogens is 1. The topological polar surface area (TPSA) is 15.3 Å². The Kier molecular flexibility index (Phi) is 6.22. The minimum Gasteiger partial charge on any atom is -0.345 e. The fraction of sp³-hybridized carbons (Fsp3) is 0.278. The monoisotopic (exact) mass is 332 g/mol. The number of hydrogen-bond donors (Lipinski definition) is 1. The molecule has 1 N–H and O–H groups in total. The van der Waals surface area contributed by atoms with Gasteiger partial charge < -0.3 is 10.2 Å². The predicted octanol–water partition coefficient (Wildman–Crippen LogP) is 5.26. The molecule has 0 aliphatic carbocycles. The van der Waals surface area contributed by atoms with Gasteiger partial charge in [-0.2, -0.15) is 0 Å². The van der Waals surface area contributed by atoms with Crippen LogP contribution in [-0.4, -0.2) is 16.6 Å². The zero-order valence-corrected chi connectivity index (χ0v) is 14.5. The Labute approximate surface area is 143 Å². The van der Waals surface area contributed by atoms with Gasteiger partial charge in [0, 0.05) is 23.8 Å². The molecule has 116 valence electrons. The lowest BCUT2D eigenvalue weighted by molar-refractivity contribution is 0.418. The van der Waals surface area contributed by atoms with Crippen molar-refractivity contribution in [2.75, 3.05) is 11.9 Å². The van der Waals surface area contributed by atoms with E-state index < -0.39 is 0 Å². The molecule has 0 saturated carbocycles. The number of nitrogens with zero attached hydrogens (tertiary/aromatic N) is 1. The first kappa shape index (κ1) is 16.8. The van der Waals surface area contributed by atoms with Crippen molar-refractivity contribution in [3.8, 4) is 0 Å². The number of aryl methyl sites for hydroxylation is 1. The highest BCUT2D eigenvalue weighted by atomic mass is 35.5. The Morgan fingerprint density at radius 1 is 1.18 bits per heavy atom. The van der Waals surface area contributed by atoms with Crippen LogP contribution in [0.1, 0.15) is 24.5 Å². The van der Waals surface area contributed by atoms with Gasteiger partial charge in [0.05, 0.1) is 0 Å². The van der Waals surface area contributed by atoms with Crippen molar-refractivity contribution < 1.29 is 0 Å². The van der Waals surface area contributed by atoms with Crippen LogP contribution in [0.3, 0.4) is 0 Å². The Hall–Kier alpha value is -1.58. The molecule has 0 aliphatic rings. The maximum absolute atomic E-state index is 6.17. The predicted molar refractivity (Wildman–Crippen MR) is 99.6 cm³/mol. The van der Waals surface area contributed by atoms with Crippen molar-refractivity contribution >= 4 is 34.6 Å². The van der Waals surface area contributed by atoms with Gasteiger partial charge >= 0.3 is 0 Å². The number of hydrogen-bond acceptors (Lipinski definition) is 1. The molecule has 0 saturated heterocycles. The van der Waals surface area contributed by atoms with Crippen molar-refractivity contribution in [2.45, 2.75) is 26.8 Å². The fourth-order valence-corrected chi connectivity index (χ4v) is 2.65. The molecule has 0 aromatic heterocycles. The summed E-state index contributed by atoms with van der Waals surface area (Å²) in [6.45, 7) is 5.87. The lowest BCUT2D eigenvalue weighted by Gasteiger charge is -2.25. The van der Waals surface area contributed by atoms with Crippen molar-refractivity contribution in [1.29, 1.82) is 0 Å². The van der Waals surface area contributed by atoms with Crippen LogP contribution in [0.5, 0.6) is 0 Å². The van der Waals surface area contributed by atoms with E-state index in [0.29, 0.717) is 0 Å². The SMILES string of the molecule is CCCN(Cc1ccccc1)C(=S)Nc1ccc(C)c(Cl)c1. The summed E-state index contributed by atoms with van der Waals surface area (Å²) in [7, 11) is 0. The minimum absolute atomic E-state index is 0.727. The summed E-state index contributed by atoms with van der Waals surface area (Å²) in [5.74, 6) is 0. The molecule has 0 unspecified atom stereocenters. The van der Waals surface area contributed by atoms with Gasteiger partial charge in [-0.3, -0.25) is 0 Å². The molecule has 0 spiro atoms. The molecule has 2 nitrogen and oxygen atoms in total. The zero-order valence-electron chi connectivity index (χ0n) is 13.0. The second-order valence-electron chi connectivity index (χ2n) is 5.30. The molecule has 0 fully saturated rings. The number of rotatable bonds is 5. The van der Waals surface area contributed by atoms with Gasteiger partial charge in [-0.05, 0) is 48.8 Å². The third-order valence-electron chi connectivity index (χ3n) is 3.42. The number of thiocarbonyl (C=S) groups is 1. The quantitative estimate of drug-likeness (QED) is 0.752. The van der Waals surface area contributed by atoms with E-state index in [9.17, 15) is 0 Å². The maximum atomic E-state index is 6.17. The van der Waals surface area contributed by atoms with Crippen LogP contribution in [0.25, 0.3) is 0 Å². The van der Waals surface area contributed by atoms with Crippen LogP contribution >= 0.6 is 23.8 Å². The average molecular weight is 333 g/mol. The van der Waals surface area contributed by atoms with Crippen LogP contribution in [-0.2, 0) is 6.54 Å². The molecule has 22 heavy (non-hydrogen) atoms. The normalized spacial score (nSPS) is 10.3. The molecule has 0 heterocycles. The molecule has 2 aromatic rings. The van der Waals surface area contributed by atoms with Gasteiger partial charge in [0.1, 0.15) is 0 Å². The Bertz CT molecular complexity index is 628. The van der Waals surface area contributed by atoms with E-state index in [2.05, 4.69) is 41.4 Å². The highest BCUT2D eigenvalue weighted by molar-refractivity contribution is 7.80. The summed E-state index contributed by atoms with van der Waals surface area (Å²) >= 11 is 11.7. The Morgan fingerprint density at radius 3 is 2.55 bits per heavy atom. The Morgan fingerprint density at radius 2 is 1.91 bits per heavy atom. The molecule has 0 radical (unpaired) electrons. The molecule has 2 rings (SSSR count). The highest BCUT2D eigenvalue weighted by Crippen LogP contribution is 2.20. The third-order valence-corrected chi connectivity index (χ3v) is 4.19. The summed E-state index contributed by atoms with van der Waals surface area (Å²) < 4.78 is 0.